The molecule has 0 atom stereocenters. The minimum absolute atomic E-state index is 0.203. The van der Waals surface area contributed by atoms with Crippen molar-refractivity contribution in [2.45, 2.75) is 0 Å². The number of pyridine rings is 1. The number of rotatable bonds is 3. The van der Waals surface area contributed by atoms with Gasteiger partial charge in [-0.2, -0.15) is 0 Å². The molecule has 1 amide bonds. The van der Waals surface area contributed by atoms with Gasteiger partial charge in [0.2, 0.25) is 0 Å². The summed E-state index contributed by atoms with van der Waals surface area (Å²) in [7, 11) is 0. The summed E-state index contributed by atoms with van der Waals surface area (Å²) in [6.45, 7) is 0. The fourth-order valence-corrected chi connectivity index (χ4v) is 1.59. The van der Waals surface area contributed by atoms with Crippen LogP contribution in [0, 0.1) is 0 Å². The zero-order valence-corrected chi connectivity index (χ0v) is 10.0. The van der Waals surface area contributed by atoms with Crippen LogP contribution in [0.2, 0.25) is 5.02 Å². The van der Waals surface area contributed by atoms with Crippen LogP contribution in [0.3, 0.4) is 0 Å². The van der Waals surface area contributed by atoms with Crippen LogP contribution < -0.4 is 16.2 Å². The summed E-state index contributed by atoms with van der Waals surface area (Å²) >= 11 is 5.79. The first-order valence-corrected chi connectivity index (χ1v) is 5.42. The highest BCUT2D eigenvalue weighted by Crippen LogP contribution is 2.31. The van der Waals surface area contributed by atoms with E-state index in [-0.39, 0.29) is 11.3 Å². The number of para-hydroxylation sites is 1. The molecular weight excluding hydrogens is 254 g/mol. The lowest BCUT2D eigenvalue weighted by Gasteiger charge is -2.11. The predicted octanol–water partition coefficient (Wildman–Crippen LogP) is 2.21. The van der Waals surface area contributed by atoms with E-state index in [1.807, 2.05) is 0 Å². The second-order valence-corrected chi connectivity index (χ2v) is 3.97. The number of carbonyl (C=O) groups is 1. The first kappa shape index (κ1) is 12.2. The Bertz CT molecular complexity index is 602. The molecular formula is C12H10ClN3O2. The molecule has 6 heteroatoms. The van der Waals surface area contributed by atoms with Crippen LogP contribution in [0.1, 0.15) is 10.4 Å². The number of ether oxygens (including phenoxy) is 1. The maximum atomic E-state index is 11.3. The highest BCUT2D eigenvalue weighted by atomic mass is 35.5. The van der Waals surface area contributed by atoms with Gasteiger partial charge in [-0.25, -0.2) is 0 Å². The van der Waals surface area contributed by atoms with E-state index in [4.69, 9.17) is 27.8 Å². The van der Waals surface area contributed by atoms with Gasteiger partial charge in [-0.05, 0) is 12.1 Å². The third-order valence-corrected chi connectivity index (χ3v) is 2.42. The molecule has 5 nitrogen and oxygen atoms in total. The van der Waals surface area contributed by atoms with Gasteiger partial charge in [-0.15, -0.1) is 0 Å². The number of hydrogen-bond donors (Lipinski definition) is 2. The summed E-state index contributed by atoms with van der Waals surface area (Å²) in [6, 6.07) is 6.33. The molecule has 0 aliphatic rings. The number of primary amides is 1. The van der Waals surface area contributed by atoms with Gasteiger partial charge in [0.1, 0.15) is 5.75 Å². The number of anilines is 1. The zero-order valence-electron chi connectivity index (χ0n) is 9.26. The first-order chi connectivity index (χ1) is 8.58. The Labute approximate surface area is 108 Å². The first-order valence-electron chi connectivity index (χ1n) is 5.04. The summed E-state index contributed by atoms with van der Waals surface area (Å²) in [6.07, 6.45) is 2.93. The molecule has 0 fully saturated rings. The van der Waals surface area contributed by atoms with Crippen molar-refractivity contribution in [2.75, 3.05) is 5.73 Å². The molecule has 1 heterocycles. The van der Waals surface area contributed by atoms with E-state index >= 15 is 0 Å². The lowest BCUT2D eigenvalue weighted by molar-refractivity contribution is 0.0998. The Morgan fingerprint density at radius 2 is 2.11 bits per heavy atom. The van der Waals surface area contributed by atoms with Crippen LogP contribution in [-0.4, -0.2) is 10.9 Å². The molecule has 92 valence electrons. The fourth-order valence-electron chi connectivity index (χ4n) is 1.43. The summed E-state index contributed by atoms with van der Waals surface area (Å²) in [5, 5.41) is 0.419. The van der Waals surface area contributed by atoms with Crippen LogP contribution in [0.5, 0.6) is 11.5 Å². The van der Waals surface area contributed by atoms with Gasteiger partial charge in [0, 0.05) is 12.3 Å². The van der Waals surface area contributed by atoms with Crippen LogP contribution >= 0.6 is 11.6 Å². The van der Waals surface area contributed by atoms with Crippen molar-refractivity contribution >= 4 is 23.2 Å². The Balaban J connectivity index is 2.42. The summed E-state index contributed by atoms with van der Waals surface area (Å²) in [4.78, 5) is 15.1. The van der Waals surface area contributed by atoms with Crippen molar-refractivity contribution in [2.24, 2.45) is 5.73 Å². The number of nitrogen functional groups attached to an aromatic ring is 1. The van der Waals surface area contributed by atoms with Crippen molar-refractivity contribution in [1.29, 1.82) is 0 Å². The number of carbonyl (C=O) groups excluding carboxylic acids is 1. The summed E-state index contributed by atoms with van der Waals surface area (Å²) in [5.74, 6) is -0.0377. The average Bonchev–Trinajstić information content (AvgIpc) is 2.31. The quantitative estimate of drug-likeness (QED) is 0.831. The van der Waals surface area contributed by atoms with Gasteiger partial charge in [0.15, 0.2) is 5.75 Å². The second kappa shape index (κ2) is 4.93. The van der Waals surface area contributed by atoms with E-state index < -0.39 is 5.91 Å². The Morgan fingerprint density at radius 1 is 1.33 bits per heavy atom. The molecule has 0 aliphatic heterocycles. The molecule has 1 aromatic carbocycles. The SMILES string of the molecule is NC(=O)c1cccc(N)c1Oc1cncc(Cl)c1. The Hall–Kier alpha value is -2.27. The van der Waals surface area contributed by atoms with Crippen LogP contribution in [-0.2, 0) is 0 Å². The smallest absolute Gasteiger partial charge is 0.252 e. The molecule has 2 rings (SSSR count). The molecule has 1 aromatic heterocycles. The van der Waals surface area contributed by atoms with Gasteiger partial charge in [0.25, 0.3) is 5.91 Å². The second-order valence-electron chi connectivity index (χ2n) is 3.53. The molecule has 18 heavy (non-hydrogen) atoms. The van der Waals surface area contributed by atoms with Gasteiger partial charge in [-0.1, -0.05) is 17.7 Å². The fraction of sp³-hybridized carbons (Fsp3) is 0. The number of halogens is 1. The minimum Gasteiger partial charge on any atom is -0.453 e. The van der Waals surface area contributed by atoms with Gasteiger partial charge >= 0.3 is 0 Å². The van der Waals surface area contributed by atoms with Crippen molar-refractivity contribution in [3.05, 3.63) is 47.2 Å². The van der Waals surface area contributed by atoms with Gasteiger partial charge in [-0.3, -0.25) is 9.78 Å². The number of nitrogens with two attached hydrogens (primary N) is 2. The van der Waals surface area contributed by atoms with E-state index in [0.29, 0.717) is 16.5 Å². The van der Waals surface area contributed by atoms with Gasteiger partial charge < -0.3 is 16.2 Å². The molecule has 0 saturated carbocycles. The third kappa shape index (κ3) is 2.52. The van der Waals surface area contributed by atoms with Crippen molar-refractivity contribution in [3.63, 3.8) is 0 Å². The molecule has 0 bridgehead atoms. The standard InChI is InChI=1S/C12H10ClN3O2/c13-7-4-8(6-16-5-7)18-11-9(12(15)17)2-1-3-10(11)14/h1-6H,14H2,(H2,15,17). The number of amides is 1. The lowest BCUT2D eigenvalue weighted by Crippen LogP contribution is -2.13. The number of nitrogens with zero attached hydrogens (tertiary/aromatic N) is 1. The molecule has 0 radical (unpaired) electrons. The largest absolute Gasteiger partial charge is 0.453 e. The summed E-state index contributed by atoms with van der Waals surface area (Å²) < 4.78 is 5.51. The van der Waals surface area contributed by atoms with Crippen LogP contribution in [0.15, 0.2) is 36.7 Å². The van der Waals surface area contributed by atoms with Crippen molar-refractivity contribution in [1.82, 2.24) is 4.98 Å². The highest BCUT2D eigenvalue weighted by molar-refractivity contribution is 6.30. The predicted molar refractivity (Wildman–Crippen MR) is 68.7 cm³/mol. The van der Waals surface area contributed by atoms with E-state index in [0.717, 1.165) is 0 Å². The number of benzene rings is 1. The van der Waals surface area contributed by atoms with Crippen LogP contribution in [0.25, 0.3) is 0 Å². The van der Waals surface area contributed by atoms with E-state index in [1.54, 1.807) is 18.2 Å². The van der Waals surface area contributed by atoms with E-state index in [2.05, 4.69) is 4.98 Å². The number of hydrogen-bond acceptors (Lipinski definition) is 4. The molecule has 4 N–H and O–H groups in total. The van der Waals surface area contributed by atoms with E-state index in [9.17, 15) is 4.79 Å². The van der Waals surface area contributed by atoms with E-state index in [1.165, 1.54) is 18.5 Å². The molecule has 2 aromatic rings. The van der Waals surface area contributed by atoms with Crippen molar-refractivity contribution < 1.29 is 9.53 Å². The minimum atomic E-state index is -0.618. The molecule has 0 aliphatic carbocycles. The average molecular weight is 264 g/mol. The number of aromatic nitrogens is 1. The maximum Gasteiger partial charge on any atom is 0.252 e. The molecule has 0 spiro atoms. The highest BCUT2D eigenvalue weighted by Gasteiger charge is 2.13. The Kier molecular flexibility index (Phi) is 3.34. The van der Waals surface area contributed by atoms with Crippen molar-refractivity contribution in [3.8, 4) is 11.5 Å². The molecule has 0 saturated heterocycles. The maximum absolute atomic E-state index is 11.3. The molecule has 0 unspecified atom stereocenters. The normalized spacial score (nSPS) is 10.1. The topological polar surface area (TPSA) is 91.2 Å². The van der Waals surface area contributed by atoms with Crippen LogP contribution in [0.4, 0.5) is 5.69 Å². The summed E-state index contributed by atoms with van der Waals surface area (Å²) in [5.41, 5.74) is 11.5. The Morgan fingerprint density at radius 3 is 2.78 bits per heavy atom. The monoisotopic (exact) mass is 263 g/mol. The van der Waals surface area contributed by atoms with Gasteiger partial charge in [0.05, 0.1) is 22.5 Å². The third-order valence-electron chi connectivity index (χ3n) is 2.21. The zero-order chi connectivity index (χ0) is 13.1. The lowest BCUT2D eigenvalue weighted by atomic mass is 10.1.